The number of methoxy groups -OCH3 is 1. The minimum absolute atomic E-state index is 0.0174. The van der Waals surface area contributed by atoms with E-state index in [1.165, 1.54) is 6.42 Å². The van der Waals surface area contributed by atoms with Crippen LogP contribution < -0.4 is 5.32 Å². The standard InChI is InChI=1S/C16H19NO4/c1-20-16(7-4-8-16)10-17-9-12-11-5-2-3-6-13(11)21-14(12)15(18)19/h2-3,5-6,17H,4,7-10H2,1H3,(H,18,19). The van der Waals surface area contributed by atoms with Crippen LogP contribution in [0.2, 0.25) is 0 Å². The zero-order valence-corrected chi connectivity index (χ0v) is 12.0. The van der Waals surface area contributed by atoms with E-state index in [0.29, 0.717) is 17.7 Å². The molecule has 2 aromatic rings. The highest BCUT2D eigenvalue weighted by atomic mass is 16.5. The first-order valence-corrected chi connectivity index (χ1v) is 7.15. The van der Waals surface area contributed by atoms with Crippen molar-refractivity contribution in [3.05, 3.63) is 35.6 Å². The first-order valence-electron chi connectivity index (χ1n) is 7.15. The minimum atomic E-state index is -1.03. The van der Waals surface area contributed by atoms with Crippen LogP contribution in [0.25, 0.3) is 11.0 Å². The minimum Gasteiger partial charge on any atom is -0.475 e. The van der Waals surface area contributed by atoms with E-state index < -0.39 is 5.97 Å². The van der Waals surface area contributed by atoms with Crippen LogP contribution in [0.3, 0.4) is 0 Å². The molecule has 5 nitrogen and oxygen atoms in total. The number of carboxylic acid groups (broad SMARTS) is 1. The highest BCUT2D eigenvalue weighted by Crippen LogP contribution is 2.34. The fraction of sp³-hybridized carbons (Fsp3) is 0.438. The predicted molar refractivity (Wildman–Crippen MR) is 78.5 cm³/mol. The van der Waals surface area contributed by atoms with Gasteiger partial charge >= 0.3 is 5.97 Å². The summed E-state index contributed by atoms with van der Waals surface area (Å²) >= 11 is 0. The molecule has 3 rings (SSSR count). The van der Waals surface area contributed by atoms with Gasteiger partial charge < -0.3 is 19.6 Å². The molecule has 0 bridgehead atoms. The Labute approximate surface area is 122 Å². The van der Waals surface area contributed by atoms with Gasteiger partial charge in [0.2, 0.25) is 5.76 Å². The predicted octanol–water partition coefficient (Wildman–Crippen LogP) is 2.79. The molecule has 5 heteroatoms. The first kappa shape index (κ1) is 14.1. The summed E-state index contributed by atoms with van der Waals surface area (Å²) in [5.41, 5.74) is 1.23. The Balaban J connectivity index is 1.79. The molecule has 1 fully saturated rings. The quantitative estimate of drug-likeness (QED) is 0.855. The fourth-order valence-electron chi connectivity index (χ4n) is 2.89. The Morgan fingerprint density at radius 2 is 2.19 bits per heavy atom. The lowest BCUT2D eigenvalue weighted by molar-refractivity contribution is -0.0695. The monoisotopic (exact) mass is 289 g/mol. The molecule has 1 aliphatic carbocycles. The summed E-state index contributed by atoms with van der Waals surface area (Å²) in [4.78, 5) is 11.3. The van der Waals surface area contributed by atoms with E-state index >= 15 is 0 Å². The number of ether oxygens (including phenoxy) is 1. The second-order valence-electron chi connectivity index (χ2n) is 5.56. The Hall–Kier alpha value is -1.85. The Kier molecular flexibility index (Phi) is 3.69. The summed E-state index contributed by atoms with van der Waals surface area (Å²) in [6, 6.07) is 7.39. The number of hydrogen-bond donors (Lipinski definition) is 2. The Morgan fingerprint density at radius 3 is 2.81 bits per heavy atom. The van der Waals surface area contributed by atoms with Crippen LogP contribution in [-0.2, 0) is 11.3 Å². The van der Waals surface area contributed by atoms with Crippen molar-refractivity contribution in [2.45, 2.75) is 31.4 Å². The third kappa shape index (κ3) is 2.54. The average Bonchev–Trinajstić information content (AvgIpc) is 2.81. The number of fused-ring (bicyclic) bond motifs is 1. The molecule has 1 heterocycles. The van der Waals surface area contributed by atoms with Gasteiger partial charge in [-0.25, -0.2) is 4.79 Å². The van der Waals surface area contributed by atoms with Crippen LogP contribution in [0.1, 0.15) is 35.4 Å². The summed E-state index contributed by atoms with van der Waals surface area (Å²) in [5.74, 6) is -1.02. The summed E-state index contributed by atoms with van der Waals surface area (Å²) in [5, 5.41) is 13.5. The van der Waals surface area contributed by atoms with Crippen molar-refractivity contribution in [2.24, 2.45) is 0 Å². The molecule has 2 N–H and O–H groups in total. The van der Waals surface area contributed by atoms with Gasteiger partial charge in [0.1, 0.15) is 5.58 Å². The summed E-state index contributed by atoms with van der Waals surface area (Å²) in [7, 11) is 1.73. The molecular formula is C16H19NO4. The van der Waals surface area contributed by atoms with Crippen LogP contribution >= 0.6 is 0 Å². The van der Waals surface area contributed by atoms with Crippen molar-refractivity contribution in [3.63, 3.8) is 0 Å². The van der Waals surface area contributed by atoms with Crippen LogP contribution in [0.5, 0.6) is 0 Å². The summed E-state index contributed by atoms with van der Waals surface area (Å²) in [6.45, 7) is 1.19. The molecule has 0 amide bonds. The number of benzene rings is 1. The molecule has 112 valence electrons. The molecule has 0 spiro atoms. The van der Waals surface area contributed by atoms with E-state index in [2.05, 4.69) is 5.32 Å². The maximum Gasteiger partial charge on any atom is 0.372 e. The summed E-state index contributed by atoms with van der Waals surface area (Å²) < 4.78 is 11.0. The van der Waals surface area contributed by atoms with Gasteiger partial charge in [-0.1, -0.05) is 18.2 Å². The topological polar surface area (TPSA) is 71.7 Å². The van der Waals surface area contributed by atoms with Crippen molar-refractivity contribution in [1.82, 2.24) is 5.32 Å². The molecule has 1 aromatic heterocycles. The number of carbonyl (C=O) groups is 1. The molecule has 1 aromatic carbocycles. The second-order valence-corrected chi connectivity index (χ2v) is 5.56. The van der Waals surface area contributed by atoms with Gasteiger partial charge in [-0.15, -0.1) is 0 Å². The highest BCUT2D eigenvalue weighted by Gasteiger charge is 2.36. The van der Waals surface area contributed by atoms with Crippen molar-refractivity contribution < 1.29 is 19.1 Å². The molecule has 1 saturated carbocycles. The van der Waals surface area contributed by atoms with Crippen LogP contribution in [0.4, 0.5) is 0 Å². The molecule has 21 heavy (non-hydrogen) atoms. The maximum atomic E-state index is 11.3. The molecule has 1 aliphatic rings. The smallest absolute Gasteiger partial charge is 0.372 e. The van der Waals surface area contributed by atoms with E-state index in [1.807, 2.05) is 18.2 Å². The van der Waals surface area contributed by atoms with Crippen molar-refractivity contribution in [2.75, 3.05) is 13.7 Å². The number of carboxylic acids is 1. The number of furan rings is 1. The normalized spacial score (nSPS) is 16.8. The van der Waals surface area contributed by atoms with Crippen molar-refractivity contribution in [1.29, 1.82) is 0 Å². The second kappa shape index (κ2) is 5.50. The molecule has 0 aliphatic heterocycles. The zero-order valence-electron chi connectivity index (χ0n) is 12.0. The van der Waals surface area contributed by atoms with E-state index in [9.17, 15) is 9.90 Å². The van der Waals surface area contributed by atoms with Crippen LogP contribution in [-0.4, -0.2) is 30.3 Å². The van der Waals surface area contributed by atoms with Gasteiger partial charge in [-0.05, 0) is 25.3 Å². The van der Waals surface area contributed by atoms with E-state index in [4.69, 9.17) is 9.15 Å². The van der Waals surface area contributed by atoms with Crippen LogP contribution in [0, 0.1) is 0 Å². The zero-order chi connectivity index (χ0) is 14.9. The lowest BCUT2D eigenvalue weighted by atomic mass is 9.80. The number of nitrogens with one attached hydrogen (secondary N) is 1. The van der Waals surface area contributed by atoms with Gasteiger partial charge in [0, 0.05) is 31.1 Å². The maximum absolute atomic E-state index is 11.3. The van der Waals surface area contributed by atoms with Gasteiger partial charge in [-0.2, -0.15) is 0 Å². The third-order valence-electron chi connectivity index (χ3n) is 4.34. The number of rotatable bonds is 6. The lowest BCUT2D eigenvalue weighted by Crippen LogP contribution is -2.47. The number of para-hydroxylation sites is 1. The molecule has 0 radical (unpaired) electrons. The largest absolute Gasteiger partial charge is 0.475 e. The molecule has 0 unspecified atom stereocenters. The SMILES string of the molecule is COC1(CNCc2c(C(=O)O)oc3ccccc23)CCC1. The number of aromatic carboxylic acids is 1. The molecule has 0 atom stereocenters. The molecule has 0 saturated heterocycles. The Bertz CT molecular complexity index is 652. The summed E-state index contributed by atoms with van der Waals surface area (Å²) in [6.07, 6.45) is 3.29. The van der Waals surface area contributed by atoms with Gasteiger partial charge in [0.25, 0.3) is 0 Å². The molecular weight excluding hydrogens is 270 g/mol. The van der Waals surface area contributed by atoms with Gasteiger partial charge in [-0.3, -0.25) is 0 Å². The fourth-order valence-corrected chi connectivity index (χ4v) is 2.89. The van der Waals surface area contributed by atoms with Crippen molar-refractivity contribution in [3.8, 4) is 0 Å². The first-order chi connectivity index (χ1) is 10.2. The lowest BCUT2D eigenvalue weighted by Gasteiger charge is -2.40. The van der Waals surface area contributed by atoms with E-state index in [1.54, 1.807) is 13.2 Å². The third-order valence-corrected chi connectivity index (χ3v) is 4.34. The van der Waals surface area contributed by atoms with Gasteiger partial charge in [0.05, 0.1) is 5.60 Å². The Morgan fingerprint density at radius 1 is 1.43 bits per heavy atom. The highest BCUT2D eigenvalue weighted by molar-refractivity contribution is 5.95. The van der Waals surface area contributed by atoms with Crippen LogP contribution in [0.15, 0.2) is 28.7 Å². The van der Waals surface area contributed by atoms with E-state index in [-0.39, 0.29) is 11.4 Å². The number of hydrogen-bond acceptors (Lipinski definition) is 4. The van der Waals surface area contributed by atoms with E-state index in [0.717, 1.165) is 24.8 Å². The van der Waals surface area contributed by atoms with Crippen molar-refractivity contribution >= 4 is 16.9 Å². The van der Waals surface area contributed by atoms with Gasteiger partial charge in [0.15, 0.2) is 0 Å². The average molecular weight is 289 g/mol.